The second-order valence-corrected chi connectivity index (χ2v) is 9.53. The molecule has 0 fully saturated rings. The summed E-state index contributed by atoms with van der Waals surface area (Å²) in [6, 6.07) is 26.8. The van der Waals surface area contributed by atoms with E-state index in [9.17, 15) is 9.59 Å². The highest BCUT2D eigenvalue weighted by molar-refractivity contribution is 5.89. The van der Waals surface area contributed by atoms with E-state index < -0.39 is 0 Å². The first-order valence-electron chi connectivity index (χ1n) is 12.7. The molecule has 0 bridgehead atoms. The normalized spacial score (nSPS) is 10.5. The van der Waals surface area contributed by atoms with Crippen LogP contribution in [0.1, 0.15) is 19.5 Å². The molecule has 0 saturated carbocycles. The largest absolute Gasteiger partial charge is 0.399 e. The second kappa shape index (κ2) is 12.4. The van der Waals surface area contributed by atoms with Crippen molar-refractivity contribution in [1.29, 1.82) is 0 Å². The van der Waals surface area contributed by atoms with Crippen molar-refractivity contribution in [2.45, 2.75) is 20.3 Å². The molecule has 4 heterocycles. The van der Waals surface area contributed by atoms with Crippen molar-refractivity contribution in [1.82, 2.24) is 19.9 Å². The zero-order valence-electron chi connectivity index (χ0n) is 22.6. The molecule has 2 aromatic carbocycles. The summed E-state index contributed by atoms with van der Waals surface area (Å²) in [5.74, 6) is 0.534. The van der Waals surface area contributed by atoms with E-state index in [0.717, 1.165) is 61.7 Å². The summed E-state index contributed by atoms with van der Waals surface area (Å²) >= 11 is 0. The zero-order chi connectivity index (χ0) is 28.2. The molecule has 6 rings (SSSR count). The lowest BCUT2D eigenvalue weighted by atomic mass is 10.1. The number of nitrogens with zero attached hydrogens (tertiary/aromatic N) is 2. The van der Waals surface area contributed by atoms with Crippen LogP contribution >= 0.6 is 12.4 Å². The molecule has 6 aromatic rings. The SMILES string of the molecule is CC(=O)Cc1ccc2[nH]c(-c3ccc(NC(C)=O)cc3)cc2n1.Cl.Nc1ccc(-c2cc3nc(N)ccc3[nH]2)cc1. The number of anilines is 3. The van der Waals surface area contributed by atoms with E-state index in [1.165, 1.54) is 6.92 Å². The van der Waals surface area contributed by atoms with E-state index in [1.807, 2.05) is 78.9 Å². The van der Waals surface area contributed by atoms with E-state index in [0.29, 0.717) is 12.2 Å². The van der Waals surface area contributed by atoms with Gasteiger partial charge >= 0.3 is 0 Å². The number of nitrogen functional groups attached to an aromatic ring is 2. The Hall–Kier alpha value is -5.15. The first-order valence-corrected chi connectivity index (χ1v) is 12.7. The van der Waals surface area contributed by atoms with Crippen molar-refractivity contribution in [2.75, 3.05) is 16.8 Å². The summed E-state index contributed by atoms with van der Waals surface area (Å²) < 4.78 is 0. The number of nitrogens with one attached hydrogen (secondary N) is 3. The molecule has 0 aliphatic carbocycles. The Morgan fingerprint density at radius 1 is 0.732 bits per heavy atom. The van der Waals surface area contributed by atoms with Gasteiger partial charge in [-0.1, -0.05) is 24.3 Å². The second-order valence-electron chi connectivity index (χ2n) is 9.53. The summed E-state index contributed by atoms with van der Waals surface area (Å²) in [4.78, 5) is 37.6. The van der Waals surface area contributed by atoms with E-state index >= 15 is 0 Å². The molecular formula is C31H30ClN7O2. The van der Waals surface area contributed by atoms with E-state index in [2.05, 4.69) is 25.3 Å². The number of rotatable bonds is 5. The molecule has 0 radical (unpaired) electrons. The number of Topliss-reactive ketones (excluding diaryl/α,β-unsaturated/α-hetero) is 1. The van der Waals surface area contributed by atoms with Gasteiger partial charge in [0.2, 0.25) is 5.91 Å². The third-order valence-corrected chi connectivity index (χ3v) is 6.20. The molecule has 10 heteroatoms. The van der Waals surface area contributed by atoms with Gasteiger partial charge in [-0.15, -0.1) is 12.4 Å². The maximum absolute atomic E-state index is 11.2. The fourth-order valence-electron chi connectivity index (χ4n) is 4.34. The summed E-state index contributed by atoms with van der Waals surface area (Å²) in [5, 5.41) is 2.74. The van der Waals surface area contributed by atoms with E-state index in [4.69, 9.17) is 11.5 Å². The molecule has 0 atom stereocenters. The molecule has 0 aliphatic heterocycles. The predicted octanol–water partition coefficient (Wildman–Crippen LogP) is 6.14. The van der Waals surface area contributed by atoms with Crippen LogP contribution in [0.5, 0.6) is 0 Å². The van der Waals surface area contributed by atoms with Crippen LogP contribution in [0.4, 0.5) is 17.2 Å². The molecule has 0 saturated heterocycles. The Morgan fingerprint density at radius 3 is 1.83 bits per heavy atom. The molecular weight excluding hydrogens is 538 g/mol. The average molecular weight is 568 g/mol. The minimum absolute atomic E-state index is 0. The Kier molecular flexibility index (Phi) is 8.69. The topological polar surface area (TPSA) is 156 Å². The van der Waals surface area contributed by atoms with Gasteiger partial charge in [-0.05, 0) is 78.7 Å². The number of amides is 1. The number of aromatic amines is 2. The van der Waals surface area contributed by atoms with Gasteiger partial charge in [0.1, 0.15) is 11.6 Å². The first-order chi connectivity index (χ1) is 19.2. The third kappa shape index (κ3) is 7.09. The number of benzene rings is 2. The van der Waals surface area contributed by atoms with Crippen LogP contribution in [0.25, 0.3) is 44.6 Å². The van der Waals surface area contributed by atoms with Crippen LogP contribution in [0, 0.1) is 0 Å². The Labute approximate surface area is 242 Å². The average Bonchev–Trinajstić information content (AvgIpc) is 3.53. The zero-order valence-corrected chi connectivity index (χ0v) is 23.4. The summed E-state index contributed by atoms with van der Waals surface area (Å²) in [6.45, 7) is 3.04. The molecule has 0 unspecified atom stereocenters. The lowest BCUT2D eigenvalue weighted by Crippen LogP contribution is -2.05. The Bertz CT molecular complexity index is 1820. The molecule has 9 nitrogen and oxygen atoms in total. The monoisotopic (exact) mass is 567 g/mol. The standard InChI is InChI=1S/C18H17N3O2.C13H12N4.ClH/c1-11(22)9-15-7-8-16-18(20-15)10-17(21-16)13-3-5-14(6-4-13)19-12(2)23;14-9-3-1-8(2-4-9)11-7-12-10(16-11)5-6-13(15)17-12;/h3-8,10,21H,9H2,1-2H3,(H,19,23);1-7,16H,14H2,(H2,15,17);1H. The number of carbonyl (C=O) groups is 2. The van der Waals surface area contributed by atoms with Gasteiger partial charge in [0.25, 0.3) is 0 Å². The molecule has 7 N–H and O–H groups in total. The number of hydrogen-bond donors (Lipinski definition) is 5. The number of halogens is 1. The van der Waals surface area contributed by atoms with Crippen molar-refractivity contribution < 1.29 is 9.59 Å². The predicted molar refractivity (Wildman–Crippen MR) is 168 cm³/mol. The van der Waals surface area contributed by atoms with Crippen LogP contribution < -0.4 is 16.8 Å². The van der Waals surface area contributed by atoms with Crippen molar-refractivity contribution in [3.8, 4) is 22.5 Å². The number of nitrogens with two attached hydrogens (primary N) is 2. The highest BCUT2D eigenvalue weighted by atomic mass is 35.5. The van der Waals surface area contributed by atoms with Gasteiger partial charge in [-0.25, -0.2) is 4.98 Å². The smallest absolute Gasteiger partial charge is 0.221 e. The number of aromatic nitrogens is 4. The minimum Gasteiger partial charge on any atom is -0.399 e. The number of H-pyrrole nitrogens is 2. The highest BCUT2D eigenvalue weighted by Gasteiger charge is 2.08. The maximum atomic E-state index is 11.2. The van der Waals surface area contributed by atoms with Crippen LogP contribution in [0.2, 0.25) is 0 Å². The summed E-state index contributed by atoms with van der Waals surface area (Å²) in [7, 11) is 0. The van der Waals surface area contributed by atoms with Gasteiger partial charge in [-0.2, -0.15) is 0 Å². The quantitative estimate of drug-likeness (QED) is 0.158. The molecule has 208 valence electrons. The lowest BCUT2D eigenvalue weighted by Gasteiger charge is -2.03. The van der Waals surface area contributed by atoms with Crippen LogP contribution in [-0.4, -0.2) is 31.6 Å². The molecule has 1 amide bonds. The minimum atomic E-state index is -0.0921. The van der Waals surface area contributed by atoms with Crippen molar-refractivity contribution >= 4 is 63.4 Å². The fourth-order valence-corrected chi connectivity index (χ4v) is 4.34. The van der Waals surface area contributed by atoms with Crippen LogP contribution in [-0.2, 0) is 16.0 Å². The van der Waals surface area contributed by atoms with E-state index in [-0.39, 0.29) is 24.1 Å². The third-order valence-electron chi connectivity index (χ3n) is 6.20. The van der Waals surface area contributed by atoms with Gasteiger partial charge in [-0.3, -0.25) is 14.6 Å². The first kappa shape index (κ1) is 28.8. The number of hydrogen-bond acceptors (Lipinski definition) is 6. The maximum Gasteiger partial charge on any atom is 0.221 e. The number of carbonyl (C=O) groups excluding carboxylic acids is 2. The van der Waals surface area contributed by atoms with Gasteiger partial charge in [0.15, 0.2) is 0 Å². The van der Waals surface area contributed by atoms with E-state index in [1.54, 1.807) is 13.0 Å². The highest BCUT2D eigenvalue weighted by Crippen LogP contribution is 2.26. The molecule has 0 spiro atoms. The molecule has 0 aliphatic rings. The van der Waals surface area contributed by atoms with Gasteiger partial charge < -0.3 is 26.8 Å². The number of pyridine rings is 2. The molecule has 41 heavy (non-hydrogen) atoms. The van der Waals surface area contributed by atoms with Crippen molar-refractivity contribution in [3.63, 3.8) is 0 Å². The number of ketones is 1. The van der Waals surface area contributed by atoms with Crippen LogP contribution in [0.3, 0.4) is 0 Å². The van der Waals surface area contributed by atoms with Gasteiger partial charge in [0.05, 0.1) is 22.1 Å². The Balaban J connectivity index is 0.000000192. The molecule has 4 aromatic heterocycles. The van der Waals surface area contributed by atoms with Crippen LogP contribution in [0.15, 0.2) is 84.9 Å². The summed E-state index contributed by atoms with van der Waals surface area (Å²) in [6.07, 6.45) is 0.349. The lowest BCUT2D eigenvalue weighted by molar-refractivity contribution is -0.116. The Morgan fingerprint density at radius 2 is 1.27 bits per heavy atom. The van der Waals surface area contributed by atoms with Gasteiger partial charge in [0, 0.05) is 41.8 Å². The van der Waals surface area contributed by atoms with Crippen molar-refractivity contribution in [2.24, 2.45) is 0 Å². The number of fused-ring (bicyclic) bond motifs is 2. The van der Waals surface area contributed by atoms with Crippen molar-refractivity contribution in [3.05, 3.63) is 90.6 Å². The summed E-state index contributed by atoms with van der Waals surface area (Å²) in [5.41, 5.74) is 21.3. The fraction of sp³-hybridized carbons (Fsp3) is 0.0968.